The van der Waals surface area contributed by atoms with Crippen molar-refractivity contribution in [3.63, 3.8) is 0 Å². The van der Waals surface area contributed by atoms with Crippen molar-refractivity contribution < 1.29 is 24.2 Å². The zero-order valence-electron chi connectivity index (χ0n) is 20.6. The standard InChI is InChI=1S/C22H32O5.2C2H6/c1-4-6-8-10-18(23)12-13-19-17(15-21(24)25)11-14-20(19)27-22(26)16(3)9-7-5-2;2*1-2/h5,7,9,12-13,17,19-20H,4,6,8,10-11,14-15H2,1-3H3,(H,24,25);2*1-2H3/b7-5-,13-12+,16-9+;;/t17-,19?,20-;;/m1../s1. The number of ketones is 1. The van der Waals surface area contributed by atoms with E-state index in [0.717, 1.165) is 19.3 Å². The van der Waals surface area contributed by atoms with E-state index < -0.39 is 18.0 Å². The maximum absolute atomic E-state index is 12.3. The number of carbonyl (C=O) groups excluding carboxylic acids is 2. The lowest BCUT2D eigenvalue weighted by molar-refractivity contribution is -0.145. The van der Waals surface area contributed by atoms with Crippen LogP contribution in [0.15, 0.2) is 36.0 Å². The third kappa shape index (κ3) is 13.7. The van der Waals surface area contributed by atoms with E-state index in [2.05, 4.69) is 6.92 Å². The Kier molecular flexibility index (Phi) is 19.8. The van der Waals surface area contributed by atoms with Gasteiger partial charge in [0.2, 0.25) is 0 Å². The van der Waals surface area contributed by atoms with Crippen LogP contribution < -0.4 is 0 Å². The molecular weight excluding hydrogens is 392 g/mol. The smallest absolute Gasteiger partial charge is 0.334 e. The highest BCUT2D eigenvalue weighted by atomic mass is 16.5. The summed E-state index contributed by atoms with van der Waals surface area (Å²) < 4.78 is 5.63. The molecule has 1 N–H and O–H groups in total. The van der Waals surface area contributed by atoms with Gasteiger partial charge in [0.25, 0.3) is 0 Å². The lowest BCUT2D eigenvalue weighted by Gasteiger charge is -2.21. The molecule has 0 radical (unpaired) electrons. The van der Waals surface area contributed by atoms with Crippen LogP contribution in [0.3, 0.4) is 0 Å². The average molecular weight is 437 g/mol. The molecule has 1 unspecified atom stereocenters. The molecule has 5 heteroatoms. The summed E-state index contributed by atoms with van der Waals surface area (Å²) in [4.78, 5) is 35.4. The van der Waals surface area contributed by atoms with Crippen molar-refractivity contribution in [3.8, 4) is 0 Å². The molecule has 3 atom stereocenters. The minimum absolute atomic E-state index is 0.0144. The first kappa shape index (κ1) is 31.0. The number of carbonyl (C=O) groups is 3. The summed E-state index contributed by atoms with van der Waals surface area (Å²) in [5.74, 6) is -1.60. The number of rotatable bonds is 11. The lowest BCUT2D eigenvalue weighted by atomic mass is 9.91. The Hall–Kier alpha value is -2.17. The molecule has 0 bridgehead atoms. The average Bonchev–Trinajstić information content (AvgIpc) is 3.13. The fourth-order valence-electron chi connectivity index (χ4n) is 3.34. The maximum Gasteiger partial charge on any atom is 0.334 e. The number of carboxylic acid groups (broad SMARTS) is 1. The molecule has 5 nitrogen and oxygen atoms in total. The highest BCUT2D eigenvalue weighted by molar-refractivity contribution is 5.89. The normalized spacial score (nSPS) is 20.6. The first-order valence-corrected chi connectivity index (χ1v) is 11.8. The van der Waals surface area contributed by atoms with E-state index in [1.54, 1.807) is 31.2 Å². The van der Waals surface area contributed by atoms with Gasteiger partial charge in [-0.15, -0.1) is 0 Å². The van der Waals surface area contributed by atoms with Gasteiger partial charge >= 0.3 is 11.9 Å². The highest BCUT2D eigenvalue weighted by Gasteiger charge is 2.38. The lowest BCUT2D eigenvalue weighted by Crippen LogP contribution is -2.25. The Balaban J connectivity index is 0. The number of hydrogen-bond donors (Lipinski definition) is 1. The van der Waals surface area contributed by atoms with Crippen LogP contribution in [0.25, 0.3) is 0 Å². The minimum Gasteiger partial charge on any atom is -0.481 e. The van der Waals surface area contributed by atoms with E-state index in [1.807, 2.05) is 40.7 Å². The zero-order valence-corrected chi connectivity index (χ0v) is 20.6. The predicted octanol–water partition coefficient (Wildman–Crippen LogP) is 6.68. The van der Waals surface area contributed by atoms with E-state index in [0.29, 0.717) is 24.8 Å². The van der Waals surface area contributed by atoms with E-state index in [9.17, 15) is 14.4 Å². The maximum atomic E-state index is 12.3. The molecule has 0 aromatic carbocycles. The van der Waals surface area contributed by atoms with Gasteiger partial charge in [0.05, 0.1) is 0 Å². The number of ether oxygens (including phenoxy) is 1. The number of aliphatic carboxylic acids is 1. The number of hydrogen-bond acceptors (Lipinski definition) is 4. The van der Waals surface area contributed by atoms with Crippen molar-refractivity contribution in [2.45, 2.75) is 99.5 Å². The monoisotopic (exact) mass is 436 g/mol. The van der Waals surface area contributed by atoms with Crippen LogP contribution in [0.1, 0.15) is 93.4 Å². The zero-order chi connectivity index (χ0) is 24.2. The third-order valence-electron chi connectivity index (χ3n) is 4.88. The first-order chi connectivity index (χ1) is 14.9. The molecule has 1 aliphatic carbocycles. The highest BCUT2D eigenvalue weighted by Crippen LogP contribution is 2.37. The summed E-state index contributed by atoms with van der Waals surface area (Å²) in [6, 6.07) is 0. The van der Waals surface area contributed by atoms with Crippen LogP contribution >= 0.6 is 0 Å². The molecule has 1 aliphatic rings. The fraction of sp³-hybridized carbons (Fsp3) is 0.654. The van der Waals surface area contributed by atoms with Gasteiger partial charge in [0, 0.05) is 24.3 Å². The summed E-state index contributed by atoms with van der Waals surface area (Å²) in [7, 11) is 0. The van der Waals surface area contributed by atoms with E-state index in [-0.39, 0.29) is 24.0 Å². The SMILES string of the molecule is C/C=C\C=C(/C)C(=O)O[C@@H]1CC[C@H](CC(=O)O)C1/C=C/C(=O)CCCCC.CC.CC. The molecule has 1 saturated carbocycles. The van der Waals surface area contributed by atoms with Crippen LogP contribution in [-0.2, 0) is 19.1 Å². The molecule has 0 heterocycles. The van der Waals surface area contributed by atoms with E-state index in [1.165, 1.54) is 0 Å². The molecule has 31 heavy (non-hydrogen) atoms. The summed E-state index contributed by atoms with van der Waals surface area (Å²) >= 11 is 0. The van der Waals surface area contributed by atoms with Gasteiger partial charge in [0.1, 0.15) is 6.10 Å². The molecule has 0 spiro atoms. The van der Waals surface area contributed by atoms with Crippen LogP contribution in [0.2, 0.25) is 0 Å². The molecule has 1 rings (SSSR count). The van der Waals surface area contributed by atoms with Gasteiger partial charge in [-0.25, -0.2) is 4.79 Å². The second-order valence-electron chi connectivity index (χ2n) is 7.11. The van der Waals surface area contributed by atoms with Crippen molar-refractivity contribution in [2.24, 2.45) is 11.8 Å². The van der Waals surface area contributed by atoms with Gasteiger partial charge in [-0.3, -0.25) is 9.59 Å². The van der Waals surface area contributed by atoms with Gasteiger partial charge in [-0.2, -0.15) is 0 Å². The van der Waals surface area contributed by atoms with Crippen LogP contribution in [0, 0.1) is 11.8 Å². The number of esters is 1. The molecule has 178 valence electrons. The Bertz CT molecular complexity index is 601. The fourth-order valence-corrected chi connectivity index (χ4v) is 3.34. The molecule has 0 amide bonds. The minimum atomic E-state index is -0.871. The molecule has 0 aromatic rings. The molecule has 0 aromatic heterocycles. The number of carboxylic acids is 1. The van der Waals surface area contributed by atoms with Gasteiger partial charge in [-0.1, -0.05) is 71.8 Å². The van der Waals surface area contributed by atoms with Crippen LogP contribution in [0.4, 0.5) is 0 Å². The summed E-state index contributed by atoms with van der Waals surface area (Å²) in [5, 5.41) is 9.15. The number of allylic oxidation sites excluding steroid dienone is 4. The van der Waals surface area contributed by atoms with Crippen molar-refractivity contribution in [2.75, 3.05) is 0 Å². The molecule has 0 aliphatic heterocycles. The largest absolute Gasteiger partial charge is 0.481 e. The Morgan fingerprint density at radius 2 is 1.71 bits per heavy atom. The number of unbranched alkanes of at least 4 members (excludes halogenated alkanes) is 2. The summed E-state index contributed by atoms with van der Waals surface area (Å²) in [6.45, 7) is 13.6. The van der Waals surface area contributed by atoms with Crippen molar-refractivity contribution in [1.29, 1.82) is 0 Å². The molecule has 1 fully saturated rings. The van der Waals surface area contributed by atoms with Crippen molar-refractivity contribution in [3.05, 3.63) is 36.0 Å². The third-order valence-corrected chi connectivity index (χ3v) is 4.88. The van der Waals surface area contributed by atoms with E-state index >= 15 is 0 Å². The van der Waals surface area contributed by atoms with Crippen molar-refractivity contribution in [1.82, 2.24) is 0 Å². The Morgan fingerprint density at radius 3 is 2.26 bits per heavy atom. The second-order valence-corrected chi connectivity index (χ2v) is 7.11. The topological polar surface area (TPSA) is 80.7 Å². The summed E-state index contributed by atoms with van der Waals surface area (Å²) in [5.41, 5.74) is 0.494. The second kappa shape index (κ2) is 19.8. The van der Waals surface area contributed by atoms with Crippen LogP contribution in [-0.4, -0.2) is 28.9 Å². The predicted molar refractivity (Wildman–Crippen MR) is 128 cm³/mol. The van der Waals surface area contributed by atoms with Gasteiger partial charge in [0.15, 0.2) is 5.78 Å². The molecule has 0 saturated heterocycles. The van der Waals surface area contributed by atoms with Gasteiger partial charge < -0.3 is 9.84 Å². The van der Waals surface area contributed by atoms with Crippen molar-refractivity contribution >= 4 is 17.7 Å². The first-order valence-electron chi connectivity index (χ1n) is 11.8. The molecular formula is C26H44O5. The van der Waals surface area contributed by atoms with Gasteiger partial charge in [-0.05, 0) is 45.1 Å². The quantitative estimate of drug-likeness (QED) is 0.169. The van der Waals surface area contributed by atoms with E-state index in [4.69, 9.17) is 9.84 Å². The Labute approximate surface area is 189 Å². The summed E-state index contributed by atoms with van der Waals surface area (Å²) in [6.07, 6.45) is 12.9. The van der Waals surface area contributed by atoms with Crippen LogP contribution in [0.5, 0.6) is 0 Å². The Morgan fingerprint density at radius 1 is 1.06 bits per heavy atom.